The lowest BCUT2D eigenvalue weighted by atomic mass is 9.82. The van der Waals surface area contributed by atoms with Crippen molar-refractivity contribution in [1.82, 2.24) is 9.47 Å². The van der Waals surface area contributed by atoms with E-state index < -0.39 is 11.9 Å². The number of hydrogen-bond donors (Lipinski definition) is 1. The maximum atomic E-state index is 13.8. The zero-order chi connectivity index (χ0) is 24.3. The van der Waals surface area contributed by atoms with Crippen LogP contribution in [0.25, 0.3) is 0 Å². The van der Waals surface area contributed by atoms with Gasteiger partial charge in [-0.15, -0.1) is 0 Å². The van der Waals surface area contributed by atoms with E-state index in [1.54, 1.807) is 35.8 Å². The van der Waals surface area contributed by atoms with E-state index in [2.05, 4.69) is 0 Å². The van der Waals surface area contributed by atoms with Crippen LogP contribution in [0.1, 0.15) is 29.7 Å². The molecule has 1 atom stereocenters. The highest BCUT2D eigenvalue weighted by Gasteiger charge is 2.40. The molecule has 1 aromatic carbocycles. The molecule has 1 aliphatic heterocycles. The van der Waals surface area contributed by atoms with Gasteiger partial charge in [0.15, 0.2) is 0 Å². The van der Waals surface area contributed by atoms with Crippen molar-refractivity contribution >= 4 is 5.97 Å². The normalized spacial score (nSPS) is 15.2. The molecule has 178 valence electrons. The van der Waals surface area contributed by atoms with Gasteiger partial charge in [0, 0.05) is 30.4 Å². The molecule has 2 aromatic rings. The number of hydrogen-bond acceptors (Lipinski definition) is 8. The summed E-state index contributed by atoms with van der Waals surface area (Å²) in [6, 6.07) is 6.96. The van der Waals surface area contributed by atoms with E-state index >= 15 is 0 Å². The lowest BCUT2D eigenvalue weighted by molar-refractivity contribution is -0.139. The van der Waals surface area contributed by atoms with E-state index in [1.807, 2.05) is 25.9 Å². The van der Waals surface area contributed by atoms with Crippen molar-refractivity contribution in [2.75, 3.05) is 41.5 Å². The van der Waals surface area contributed by atoms with Crippen molar-refractivity contribution < 1.29 is 23.7 Å². The zero-order valence-electron chi connectivity index (χ0n) is 19.9. The minimum absolute atomic E-state index is 0.0519. The van der Waals surface area contributed by atoms with Crippen molar-refractivity contribution in [1.29, 1.82) is 0 Å². The monoisotopic (exact) mass is 457 g/mol. The van der Waals surface area contributed by atoms with Crippen LogP contribution in [-0.2, 0) is 16.1 Å². The fourth-order valence-electron chi connectivity index (χ4n) is 3.95. The molecule has 0 fully saturated rings. The van der Waals surface area contributed by atoms with Gasteiger partial charge >= 0.3 is 5.97 Å². The number of nitrogens with two attached hydrogens (primary N) is 1. The molecule has 0 spiro atoms. The molecule has 0 aliphatic carbocycles. The van der Waals surface area contributed by atoms with Crippen molar-refractivity contribution in [3.8, 4) is 17.2 Å². The molecule has 1 aromatic heterocycles. The van der Waals surface area contributed by atoms with E-state index in [9.17, 15) is 9.59 Å². The Hall–Kier alpha value is -3.46. The number of aromatic nitrogens is 1. The summed E-state index contributed by atoms with van der Waals surface area (Å²) in [6.07, 6.45) is 0. The second-order valence-corrected chi connectivity index (χ2v) is 7.97. The number of nitrogens with zero attached hydrogens (tertiary/aromatic N) is 2. The van der Waals surface area contributed by atoms with E-state index in [1.165, 1.54) is 14.2 Å². The van der Waals surface area contributed by atoms with Gasteiger partial charge in [0.1, 0.15) is 22.8 Å². The summed E-state index contributed by atoms with van der Waals surface area (Å²) < 4.78 is 23.7. The number of ether oxygens (including phenoxy) is 4. The Balaban J connectivity index is 2.34. The smallest absolute Gasteiger partial charge is 0.340 e. The number of likely N-dealkylation sites (N-methyl/N-ethyl adjacent to an activating group) is 1. The summed E-state index contributed by atoms with van der Waals surface area (Å²) in [5.41, 5.74) is 7.57. The first-order valence-corrected chi connectivity index (χ1v) is 10.7. The third-order valence-electron chi connectivity index (χ3n) is 5.58. The second kappa shape index (κ2) is 9.99. The van der Waals surface area contributed by atoms with Crippen LogP contribution >= 0.6 is 0 Å². The van der Waals surface area contributed by atoms with E-state index in [4.69, 9.17) is 24.7 Å². The van der Waals surface area contributed by atoms with E-state index in [0.717, 1.165) is 5.69 Å². The van der Waals surface area contributed by atoms with Gasteiger partial charge in [-0.25, -0.2) is 4.79 Å². The molecule has 3 rings (SSSR count). The Morgan fingerprint density at radius 3 is 2.55 bits per heavy atom. The summed E-state index contributed by atoms with van der Waals surface area (Å²) in [5, 5.41) is 0. The molecule has 1 unspecified atom stereocenters. The van der Waals surface area contributed by atoms with Crippen LogP contribution in [0.15, 0.2) is 40.5 Å². The van der Waals surface area contributed by atoms with Crippen LogP contribution in [0.3, 0.4) is 0 Å². The zero-order valence-corrected chi connectivity index (χ0v) is 19.9. The number of methoxy groups -OCH3 is 2. The van der Waals surface area contributed by atoms with Gasteiger partial charge in [-0.3, -0.25) is 4.79 Å². The quantitative estimate of drug-likeness (QED) is 0.600. The summed E-state index contributed by atoms with van der Waals surface area (Å²) in [6.45, 7) is 4.82. The van der Waals surface area contributed by atoms with E-state index in [0.29, 0.717) is 41.5 Å². The summed E-state index contributed by atoms with van der Waals surface area (Å²) in [7, 11) is 6.94. The van der Waals surface area contributed by atoms with Crippen LogP contribution in [0.4, 0.5) is 0 Å². The average Bonchev–Trinajstić information content (AvgIpc) is 2.77. The van der Waals surface area contributed by atoms with Crippen LogP contribution in [0.2, 0.25) is 0 Å². The standard InChI is InChI=1S/C24H31N3O6/c1-7-32-24(29)21-19(16-13-15(30-5)8-9-17(16)31-6)20-18(33-22(21)25)12-14(2)27(23(20)28)11-10-26(3)4/h8-9,12-13,19H,7,10-11,25H2,1-6H3. The fourth-order valence-corrected chi connectivity index (χ4v) is 3.95. The van der Waals surface area contributed by atoms with Gasteiger partial charge < -0.3 is 34.1 Å². The molecule has 9 nitrogen and oxygen atoms in total. The van der Waals surface area contributed by atoms with Crippen molar-refractivity contribution in [2.45, 2.75) is 26.3 Å². The molecule has 1 aliphatic rings. The number of carbonyl (C=O) groups excluding carboxylic acids is 1. The Morgan fingerprint density at radius 2 is 1.94 bits per heavy atom. The van der Waals surface area contributed by atoms with Gasteiger partial charge in [-0.2, -0.15) is 0 Å². The molecule has 0 radical (unpaired) electrons. The number of pyridine rings is 1. The topological polar surface area (TPSA) is 105 Å². The first-order valence-electron chi connectivity index (χ1n) is 10.7. The predicted molar refractivity (Wildman–Crippen MR) is 124 cm³/mol. The van der Waals surface area contributed by atoms with Crippen LogP contribution in [0.5, 0.6) is 17.2 Å². The van der Waals surface area contributed by atoms with Crippen LogP contribution < -0.4 is 25.5 Å². The number of aryl methyl sites for hydroxylation is 1. The molecule has 2 N–H and O–H groups in total. The molecular weight excluding hydrogens is 426 g/mol. The number of benzene rings is 1. The summed E-state index contributed by atoms with van der Waals surface area (Å²) in [4.78, 5) is 28.8. The van der Waals surface area contributed by atoms with Crippen molar-refractivity contribution in [3.05, 3.63) is 62.9 Å². The lowest BCUT2D eigenvalue weighted by Crippen LogP contribution is -2.36. The van der Waals surface area contributed by atoms with Gasteiger partial charge in [0.2, 0.25) is 5.88 Å². The van der Waals surface area contributed by atoms with Gasteiger partial charge in [0.05, 0.1) is 32.3 Å². The highest BCUT2D eigenvalue weighted by molar-refractivity contribution is 5.93. The van der Waals surface area contributed by atoms with Gasteiger partial charge in [0.25, 0.3) is 5.56 Å². The molecule has 0 saturated heterocycles. The lowest BCUT2D eigenvalue weighted by Gasteiger charge is -2.30. The van der Waals surface area contributed by atoms with E-state index in [-0.39, 0.29) is 23.6 Å². The minimum atomic E-state index is -0.864. The largest absolute Gasteiger partial charge is 0.497 e. The second-order valence-electron chi connectivity index (χ2n) is 7.97. The first kappa shape index (κ1) is 24.2. The Morgan fingerprint density at radius 1 is 1.21 bits per heavy atom. The fraction of sp³-hybridized carbons (Fsp3) is 0.417. The number of rotatable bonds is 8. The molecule has 0 saturated carbocycles. The van der Waals surface area contributed by atoms with Crippen molar-refractivity contribution in [2.24, 2.45) is 5.73 Å². The Bertz CT molecular complexity index is 1140. The molecule has 0 bridgehead atoms. The average molecular weight is 458 g/mol. The Kier molecular flexibility index (Phi) is 7.33. The maximum absolute atomic E-state index is 13.8. The first-order chi connectivity index (χ1) is 15.7. The molecule has 33 heavy (non-hydrogen) atoms. The highest BCUT2D eigenvalue weighted by Crippen LogP contribution is 2.45. The highest BCUT2D eigenvalue weighted by atomic mass is 16.5. The van der Waals surface area contributed by atoms with Crippen molar-refractivity contribution in [3.63, 3.8) is 0 Å². The molecular formula is C24H31N3O6. The third kappa shape index (κ3) is 4.68. The minimum Gasteiger partial charge on any atom is -0.497 e. The number of esters is 1. The predicted octanol–water partition coefficient (Wildman–Crippen LogP) is 1.99. The summed E-state index contributed by atoms with van der Waals surface area (Å²) in [5.74, 6) is -0.310. The van der Waals surface area contributed by atoms with Crippen LogP contribution in [0, 0.1) is 6.92 Å². The van der Waals surface area contributed by atoms with Gasteiger partial charge in [-0.05, 0) is 46.1 Å². The summed E-state index contributed by atoms with van der Waals surface area (Å²) >= 11 is 0. The molecule has 0 amide bonds. The van der Waals surface area contributed by atoms with Gasteiger partial charge in [-0.1, -0.05) is 0 Å². The molecule has 2 heterocycles. The van der Waals surface area contributed by atoms with Crippen LogP contribution in [-0.4, -0.2) is 56.9 Å². The number of carbonyl (C=O) groups is 1. The molecule has 9 heteroatoms. The number of fused-ring (bicyclic) bond motifs is 1. The Labute approximate surface area is 193 Å². The SMILES string of the molecule is CCOC(=O)C1=C(N)Oc2cc(C)n(CCN(C)C)c(=O)c2C1c1cc(OC)ccc1OC. The maximum Gasteiger partial charge on any atom is 0.340 e. The third-order valence-corrected chi connectivity index (χ3v) is 5.58.